The normalized spacial score (nSPS) is 16.7. The van der Waals surface area contributed by atoms with Crippen molar-refractivity contribution in [3.05, 3.63) is 22.8 Å². The van der Waals surface area contributed by atoms with Gasteiger partial charge in [0.2, 0.25) is 0 Å². The molecule has 2 heterocycles. The lowest BCUT2D eigenvalue weighted by molar-refractivity contribution is 0.0210. The first-order valence-corrected chi connectivity index (χ1v) is 8.00. The summed E-state index contributed by atoms with van der Waals surface area (Å²) >= 11 is 3.36. The first-order valence-electron chi connectivity index (χ1n) is 7.20. The Balaban J connectivity index is 1.82. The number of anilines is 1. The Labute approximate surface area is 134 Å². The Morgan fingerprint density at radius 1 is 1.38 bits per heavy atom. The van der Waals surface area contributed by atoms with Crippen molar-refractivity contribution in [2.24, 2.45) is 0 Å². The first-order chi connectivity index (χ1) is 9.83. The fraction of sp³-hybridized carbons (Fsp3) is 0.600. The predicted molar refractivity (Wildman–Crippen MR) is 86.4 cm³/mol. The van der Waals surface area contributed by atoms with E-state index in [1.165, 1.54) is 0 Å². The van der Waals surface area contributed by atoms with E-state index in [-0.39, 0.29) is 6.09 Å². The molecule has 0 aliphatic carbocycles. The highest BCUT2D eigenvalue weighted by molar-refractivity contribution is 9.10. The second-order valence-electron chi connectivity index (χ2n) is 6.23. The third-order valence-corrected chi connectivity index (χ3v) is 3.66. The van der Waals surface area contributed by atoms with E-state index in [1.54, 1.807) is 4.90 Å². The monoisotopic (exact) mass is 355 g/mol. The number of halogens is 1. The van der Waals surface area contributed by atoms with E-state index in [1.807, 2.05) is 39.0 Å². The van der Waals surface area contributed by atoms with Gasteiger partial charge in [0.15, 0.2) is 0 Å². The topological polar surface area (TPSA) is 54.5 Å². The Kier molecular flexibility index (Phi) is 5.08. The molecule has 0 atom stereocenters. The highest BCUT2D eigenvalue weighted by atomic mass is 79.9. The van der Waals surface area contributed by atoms with E-state index < -0.39 is 5.60 Å². The van der Waals surface area contributed by atoms with Gasteiger partial charge in [-0.15, -0.1) is 0 Å². The van der Waals surface area contributed by atoms with Crippen LogP contribution in [0.2, 0.25) is 0 Å². The van der Waals surface area contributed by atoms with Crippen LogP contribution in [0.1, 0.15) is 33.6 Å². The molecule has 0 aromatic carbocycles. The van der Waals surface area contributed by atoms with E-state index in [0.29, 0.717) is 19.1 Å². The van der Waals surface area contributed by atoms with Crippen molar-refractivity contribution in [3.8, 4) is 0 Å². The highest BCUT2D eigenvalue weighted by Gasteiger charge is 2.26. The molecule has 6 heteroatoms. The largest absolute Gasteiger partial charge is 0.444 e. The lowest BCUT2D eigenvalue weighted by atomic mass is 10.1. The number of aromatic nitrogens is 1. The minimum Gasteiger partial charge on any atom is -0.444 e. The molecule has 21 heavy (non-hydrogen) atoms. The smallest absolute Gasteiger partial charge is 0.410 e. The number of amides is 1. The molecule has 2 rings (SSSR count). The maximum Gasteiger partial charge on any atom is 0.410 e. The predicted octanol–water partition coefficient (Wildman–Crippen LogP) is 3.66. The number of likely N-dealkylation sites (tertiary alicyclic amines) is 1. The van der Waals surface area contributed by atoms with Gasteiger partial charge in [0.25, 0.3) is 0 Å². The number of nitrogens with zero attached hydrogens (tertiary/aromatic N) is 2. The number of hydrogen-bond acceptors (Lipinski definition) is 4. The fourth-order valence-corrected chi connectivity index (χ4v) is 2.57. The molecule has 1 fully saturated rings. The second kappa shape index (κ2) is 6.64. The van der Waals surface area contributed by atoms with Gasteiger partial charge in [-0.1, -0.05) is 6.07 Å². The average molecular weight is 356 g/mol. The summed E-state index contributed by atoms with van der Waals surface area (Å²) in [6.07, 6.45) is 1.57. The van der Waals surface area contributed by atoms with Crippen molar-refractivity contribution in [2.75, 3.05) is 18.4 Å². The van der Waals surface area contributed by atoms with Crippen molar-refractivity contribution in [2.45, 2.75) is 45.3 Å². The lowest BCUT2D eigenvalue weighted by Crippen LogP contribution is -2.44. The number of carbonyl (C=O) groups excluding carboxylic acids is 1. The summed E-state index contributed by atoms with van der Waals surface area (Å²) < 4.78 is 6.21. The molecule has 0 unspecified atom stereocenters. The van der Waals surface area contributed by atoms with Gasteiger partial charge in [0.05, 0.1) is 0 Å². The molecular formula is C15H22BrN3O2. The molecule has 1 aliphatic heterocycles. The van der Waals surface area contributed by atoms with E-state index in [2.05, 4.69) is 26.2 Å². The van der Waals surface area contributed by atoms with Crippen LogP contribution in [-0.4, -0.2) is 40.7 Å². The van der Waals surface area contributed by atoms with Crippen LogP contribution in [0.5, 0.6) is 0 Å². The third kappa shape index (κ3) is 5.19. The molecule has 1 aliphatic rings. The van der Waals surface area contributed by atoms with Gasteiger partial charge in [-0.2, -0.15) is 0 Å². The number of nitrogens with one attached hydrogen (secondary N) is 1. The maximum absolute atomic E-state index is 12.0. The summed E-state index contributed by atoms with van der Waals surface area (Å²) in [4.78, 5) is 18.1. The molecule has 0 bridgehead atoms. The molecular weight excluding hydrogens is 334 g/mol. The Hall–Kier alpha value is -1.30. The summed E-state index contributed by atoms with van der Waals surface area (Å²) in [6.45, 7) is 7.08. The van der Waals surface area contributed by atoms with Crippen LogP contribution < -0.4 is 5.32 Å². The number of hydrogen-bond donors (Lipinski definition) is 1. The van der Waals surface area contributed by atoms with Gasteiger partial charge in [0, 0.05) is 19.1 Å². The molecule has 1 N–H and O–H groups in total. The van der Waals surface area contributed by atoms with Gasteiger partial charge in [0.1, 0.15) is 16.0 Å². The van der Waals surface area contributed by atoms with Crippen molar-refractivity contribution in [1.82, 2.24) is 9.88 Å². The SMILES string of the molecule is CC(C)(C)OC(=O)N1CCC(Nc2cccc(Br)n2)CC1. The molecule has 1 amide bonds. The molecule has 1 saturated heterocycles. The van der Waals surface area contributed by atoms with Gasteiger partial charge >= 0.3 is 6.09 Å². The third-order valence-electron chi connectivity index (χ3n) is 3.21. The zero-order valence-corrected chi connectivity index (χ0v) is 14.3. The highest BCUT2D eigenvalue weighted by Crippen LogP contribution is 2.19. The van der Waals surface area contributed by atoms with Gasteiger partial charge in [-0.05, 0) is 61.7 Å². The van der Waals surface area contributed by atoms with Crippen molar-refractivity contribution < 1.29 is 9.53 Å². The quantitative estimate of drug-likeness (QED) is 0.822. The molecule has 5 nitrogen and oxygen atoms in total. The fourth-order valence-electron chi connectivity index (χ4n) is 2.23. The Bertz CT molecular complexity index is 494. The number of pyridine rings is 1. The summed E-state index contributed by atoms with van der Waals surface area (Å²) in [5.74, 6) is 0.861. The van der Waals surface area contributed by atoms with Gasteiger partial charge in [-0.25, -0.2) is 9.78 Å². The minimum absolute atomic E-state index is 0.221. The number of carbonyl (C=O) groups is 1. The number of rotatable bonds is 2. The van der Waals surface area contributed by atoms with Crippen LogP contribution in [0.3, 0.4) is 0 Å². The van der Waals surface area contributed by atoms with Crippen molar-refractivity contribution in [1.29, 1.82) is 0 Å². The minimum atomic E-state index is -0.438. The van der Waals surface area contributed by atoms with Crippen LogP contribution in [0.15, 0.2) is 22.8 Å². The maximum atomic E-state index is 12.0. The van der Waals surface area contributed by atoms with E-state index >= 15 is 0 Å². The van der Waals surface area contributed by atoms with E-state index in [9.17, 15) is 4.79 Å². The number of piperidine rings is 1. The van der Waals surface area contributed by atoms with Crippen LogP contribution in [-0.2, 0) is 4.74 Å². The van der Waals surface area contributed by atoms with Gasteiger partial charge < -0.3 is 15.0 Å². The Morgan fingerprint density at radius 3 is 2.62 bits per heavy atom. The summed E-state index contributed by atoms with van der Waals surface area (Å²) in [5.41, 5.74) is -0.438. The lowest BCUT2D eigenvalue weighted by Gasteiger charge is -2.33. The Morgan fingerprint density at radius 2 is 2.05 bits per heavy atom. The molecule has 0 saturated carbocycles. The molecule has 116 valence electrons. The molecule has 1 aromatic heterocycles. The van der Waals surface area contributed by atoms with E-state index in [0.717, 1.165) is 23.3 Å². The average Bonchev–Trinajstić information content (AvgIpc) is 2.37. The summed E-state index contributed by atoms with van der Waals surface area (Å²) in [5, 5.41) is 3.41. The molecule has 1 aromatic rings. The van der Waals surface area contributed by atoms with Crippen molar-refractivity contribution >= 4 is 27.8 Å². The summed E-state index contributed by atoms with van der Waals surface area (Å²) in [6, 6.07) is 6.14. The second-order valence-corrected chi connectivity index (χ2v) is 7.04. The van der Waals surface area contributed by atoms with Gasteiger partial charge in [-0.3, -0.25) is 0 Å². The van der Waals surface area contributed by atoms with Crippen LogP contribution in [0.4, 0.5) is 10.6 Å². The zero-order valence-electron chi connectivity index (χ0n) is 12.7. The van der Waals surface area contributed by atoms with Crippen LogP contribution in [0, 0.1) is 0 Å². The molecule has 0 radical (unpaired) electrons. The standard InChI is InChI=1S/C15H22BrN3O2/c1-15(2,3)21-14(20)19-9-7-11(8-10-19)17-13-6-4-5-12(16)18-13/h4-6,11H,7-10H2,1-3H3,(H,17,18). The zero-order chi connectivity index (χ0) is 15.5. The van der Waals surface area contributed by atoms with Crippen molar-refractivity contribution in [3.63, 3.8) is 0 Å². The van der Waals surface area contributed by atoms with Crippen LogP contribution in [0.25, 0.3) is 0 Å². The number of ether oxygens (including phenoxy) is 1. The van der Waals surface area contributed by atoms with E-state index in [4.69, 9.17) is 4.74 Å². The molecule has 0 spiro atoms. The summed E-state index contributed by atoms with van der Waals surface area (Å²) in [7, 11) is 0. The van der Waals surface area contributed by atoms with Crippen LogP contribution >= 0.6 is 15.9 Å². The first kappa shape index (κ1) is 16.1.